The maximum Gasteiger partial charge on any atom is 0.0291 e. The minimum atomic E-state index is 0.452. The molecule has 0 saturated heterocycles. The van der Waals surface area contributed by atoms with Crippen LogP contribution in [0.2, 0.25) is 0 Å². The van der Waals surface area contributed by atoms with Gasteiger partial charge >= 0.3 is 0 Å². The smallest absolute Gasteiger partial charge is 0.0291 e. The van der Waals surface area contributed by atoms with E-state index in [0.29, 0.717) is 6.04 Å². The van der Waals surface area contributed by atoms with Gasteiger partial charge in [0.25, 0.3) is 0 Å². The van der Waals surface area contributed by atoms with Gasteiger partial charge in [0.2, 0.25) is 0 Å². The van der Waals surface area contributed by atoms with Crippen molar-refractivity contribution in [1.29, 1.82) is 0 Å². The number of nitrogens with one attached hydrogen (secondary N) is 1. The average Bonchev–Trinajstić information content (AvgIpc) is 2.42. The molecule has 0 heterocycles. The molecular weight excluding hydrogens is 298 g/mol. The van der Waals surface area contributed by atoms with Crippen LogP contribution < -0.4 is 5.32 Å². The summed E-state index contributed by atoms with van der Waals surface area (Å²) in [5.41, 5.74) is 1.37. The normalized spacial score (nSPS) is 12.6. The summed E-state index contributed by atoms with van der Waals surface area (Å²) in [5, 5.41) is 3.61. The maximum absolute atomic E-state index is 3.61. The molecule has 0 aliphatic rings. The van der Waals surface area contributed by atoms with E-state index in [-0.39, 0.29) is 0 Å². The minimum Gasteiger partial charge on any atom is -0.310 e. The molecule has 1 aromatic carbocycles. The van der Waals surface area contributed by atoms with Crippen LogP contribution in [0.15, 0.2) is 28.7 Å². The van der Waals surface area contributed by atoms with Crippen LogP contribution in [0.1, 0.15) is 70.4 Å². The van der Waals surface area contributed by atoms with E-state index >= 15 is 0 Å². The lowest BCUT2D eigenvalue weighted by atomic mass is 10.1. The van der Waals surface area contributed by atoms with E-state index in [4.69, 9.17) is 0 Å². The Balaban J connectivity index is 2.04. The Morgan fingerprint density at radius 2 is 1.53 bits per heavy atom. The zero-order valence-electron chi connectivity index (χ0n) is 12.4. The van der Waals surface area contributed by atoms with Gasteiger partial charge in [-0.15, -0.1) is 0 Å². The molecule has 0 aromatic heterocycles. The van der Waals surface area contributed by atoms with Crippen LogP contribution in [0.25, 0.3) is 0 Å². The van der Waals surface area contributed by atoms with Crippen molar-refractivity contribution in [3.63, 3.8) is 0 Å². The number of hydrogen-bond acceptors (Lipinski definition) is 1. The van der Waals surface area contributed by atoms with Gasteiger partial charge in [-0.2, -0.15) is 0 Å². The Bertz CT molecular complexity index is 321. The first-order chi connectivity index (χ1) is 9.24. The summed E-state index contributed by atoms with van der Waals surface area (Å²) in [5.74, 6) is 0. The van der Waals surface area contributed by atoms with Crippen molar-refractivity contribution in [1.82, 2.24) is 5.32 Å². The second-order valence-corrected chi connectivity index (χ2v) is 6.26. The lowest BCUT2D eigenvalue weighted by Gasteiger charge is -2.14. The number of benzene rings is 1. The summed E-state index contributed by atoms with van der Waals surface area (Å²) in [6.45, 7) is 5.64. The average molecular weight is 326 g/mol. The summed E-state index contributed by atoms with van der Waals surface area (Å²) in [7, 11) is 0. The third kappa shape index (κ3) is 7.74. The van der Waals surface area contributed by atoms with Gasteiger partial charge in [0.1, 0.15) is 0 Å². The Hall–Kier alpha value is -0.340. The predicted molar refractivity (Wildman–Crippen MR) is 88.6 cm³/mol. The summed E-state index contributed by atoms with van der Waals surface area (Å²) in [6.07, 6.45) is 9.63. The van der Waals surface area contributed by atoms with Crippen LogP contribution in [-0.2, 0) is 0 Å². The van der Waals surface area contributed by atoms with Crippen LogP contribution in [-0.4, -0.2) is 6.54 Å². The quantitative estimate of drug-likeness (QED) is 0.532. The van der Waals surface area contributed by atoms with Crippen molar-refractivity contribution < 1.29 is 0 Å². The molecule has 1 nitrogen and oxygen atoms in total. The molecule has 1 unspecified atom stereocenters. The number of rotatable bonds is 10. The molecule has 1 N–H and O–H groups in total. The SMILES string of the molecule is CCCCCCCCCNC(C)c1ccc(Br)cc1. The van der Waals surface area contributed by atoms with E-state index in [1.54, 1.807) is 0 Å². The van der Waals surface area contributed by atoms with Crippen molar-refractivity contribution in [3.05, 3.63) is 34.3 Å². The fraction of sp³-hybridized carbons (Fsp3) is 0.647. The predicted octanol–water partition coefficient (Wildman–Crippen LogP) is 5.85. The van der Waals surface area contributed by atoms with Crippen molar-refractivity contribution in [2.24, 2.45) is 0 Å². The number of unbranched alkanes of at least 4 members (excludes halogenated alkanes) is 6. The van der Waals surface area contributed by atoms with E-state index in [1.807, 2.05) is 0 Å². The van der Waals surface area contributed by atoms with E-state index < -0.39 is 0 Å². The molecule has 0 aliphatic carbocycles. The summed E-state index contributed by atoms with van der Waals surface area (Å²) >= 11 is 3.47. The molecule has 1 atom stereocenters. The highest BCUT2D eigenvalue weighted by Crippen LogP contribution is 2.16. The molecular formula is C17H28BrN. The van der Waals surface area contributed by atoms with Crippen LogP contribution in [0.3, 0.4) is 0 Å². The van der Waals surface area contributed by atoms with Crippen LogP contribution in [0, 0.1) is 0 Å². The van der Waals surface area contributed by atoms with Gasteiger partial charge in [0, 0.05) is 10.5 Å². The van der Waals surface area contributed by atoms with Gasteiger partial charge in [-0.25, -0.2) is 0 Å². The topological polar surface area (TPSA) is 12.0 Å². The molecule has 0 radical (unpaired) electrons. The van der Waals surface area contributed by atoms with Gasteiger partial charge in [0.05, 0.1) is 0 Å². The zero-order valence-corrected chi connectivity index (χ0v) is 14.0. The van der Waals surface area contributed by atoms with Crippen molar-refractivity contribution in [2.75, 3.05) is 6.54 Å². The highest BCUT2D eigenvalue weighted by Gasteiger charge is 2.03. The monoisotopic (exact) mass is 325 g/mol. The molecule has 0 spiro atoms. The largest absolute Gasteiger partial charge is 0.310 e. The van der Waals surface area contributed by atoms with Crippen molar-refractivity contribution in [3.8, 4) is 0 Å². The van der Waals surface area contributed by atoms with E-state index in [2.05, 4.69) is 59.4 Å². The minimum absolute atomic E-state index is 0.452. The molecule has 0 amide bonds. The Morgan fingerprint density at radius 1 is 0.947 bits per heavy atom. The fourth-order valence-corrected chi connectivity index (χ4v) is 2.53. The Labute approximate surface area is 127 Å². The van der Waals surface area contributed by atoms with Crippen molar-refractivity contribution in [2.45, 2.75) is 64.8 Å². The third-order valence-corrected chi connectivity index (χ3v) is 4.13. The first kappa shape index (κ1) is 16.7. The molecule has 0 bridgehead atoms. The molecule has 0 aliphatic heterocycles. The van der Waals surface area contributed by atoms with Crippen molar-refractivity contribution >= 4 is 15.9 Å². The van der Waals surface area contributed by atoms with E-state index in [0.717, 1.165) is 11.0 Å². The highest BCUT2D eigenvalue weighted by atomic mass is 79.9. The number of hydrogen-bond donors (Lipinski definition) is 1. The molecule has 1 rings (SSSR count). The lowest BCUT2D eigenvalue weighted by Crippen LogP contribution is -2.19. The molecule has 0 fully saturated rings. The standard InChI is InChI=1S/C17H28BrN/c1-3-4-5-6-7-8-9-14-19-15(2)16-10-12-17(18)13-11-16/h10-13,15,19H,3-9,14H2,1-2H3. The molecule has 108 valence electrons. The third-order valence-electron chi connectivity index (χ3n) is 3.60. The van der Waals surface area contributed by atoms with E-state index in [9.17, 15) is 0 Å². The number of halogens is 1. The van der Waals surface area contributed by atoms with Crippen LogP contribution >= 0.6 is 15.9 Å². The second-order valence-electron chi connectivity index (χ2n) is 5.35. The lowest BCUT2D eigenvalue weighted by molar-refractivity contribution is 0.524. The Kier molecular flexibility index (Phi) is 9.19. The first-order valence-electron chi connectivity index (χ1n) is 7.73. The molecule has 1 aromatic rings. The zero-order chi connectivity index (χ0) is 13.9. The summed E-state index contributed by atoms with van der Waals surface area (Å²) in [4.78, 5) is 0. The molecule has 2 heteroatoms. The first-order valence-corrected chi connectivity index (χ1v) is 8.52. The van der Waals surface area contributed by atoms with Gasteiger partial charge in [-0.1, -0.05) is 73.5 Å². The maximum atomic E-state index is 3.61. The second kappa shape index (κ2) is 10.4. The summed E-state index contributed by atoms with van der Waals surface area (Å²) in [6, 6.07) is 9.05. The van der Waals surface area contributed by atoms with Crippen LogP contribution in [0.5, 0.6) is 0 Å². The van der Waals surface area contributed by atoms with Gasteiger partial charge in [-0.3, -0.25) is 0 Å². The van der Waals surface area contributed by atoms with Gasteiger partial charge in [-0.05, 0) is 37.6 Å². The van der Waals surface area contributed by atoms with Gasteiger partial charge < -0.3 is 5.32 Å². The molecule has 19 heavy (non-hydrogen) atoms. The summed E-state index contributed by atoms with van der Waals surface area (Å²) < 4.78 is 1.15. The van der Waals surface area contributed by atoms with Gasteiger partial charge in [0.15, 0.2) is 0 Å². The fourth-order valence-electron chi connectivity index (χ4n) is 2.27. The Morgan fingerprint density at radius 3 is 2.16 bits per heavy atom. The van der Waals surface area contributed by atoms with Crippen LogP contribution in [0.4, 0.5) is 0 Å². The highest BCUT2D eigenvalue weighted by molar-refractivity contribution is 9.10. The van der Waals surface area contributed by atoms with E-state index in [1.165, 1.54) is 50.5 Å². The molecule has 0 saturated carbocycles.